The highest BCUT2D eigenvalue weighted by atomic mass is 14.2. The van der Waals surface area contributed by atoms with Gasteiger partial charge < -0.3 is 0 Å². The number of hydrogen-bond acceptors (Lipinski definition) is 1. The van der Waals surface area contributed by atoms with E-state index in [2.05, 4.69) is 39.0 Å². The summed E-state index contributed by atoms with van der Waals surface area (Å²) < 4.78 is 0. The Kier molecular flexibility index (Phi) is 4.61. The van der Waals surface area contributed by atoms with Crippen molar-refractivity contribution in [3.05, 3.63) is 12.2 Å². The minimum atomic E-state index is 0.284. The Bertz CT molecular complexity index is 155. The zero-order valence-electron chi connectivity index (χ0n) is 7.72. The number of nitrogens with zero attached hydrogens (tertiary/aromatic N) is 1. The smallest absolute Gasteiger partial charge is 0.0621 e. The van der Waals surface area contributed by atoms with Gasteiger partial charge in [-0.3, -0.25) is 0 Å². The number of unbranched alkanes of at least 4 members (excludes halogenated alkanes) is 2. The minimum absolute atomic E-state index is 0.284. The third-order valence-electron chi connectivity index (χ3n) is 1.28. The first-order chi connectivity index (χ1) is 5.06. The third-order valence-corrected chi connectivity index (χ3v) is 1.28. The van der Waals surface area contributed by atoms with Gasteiger partial charge >= 0.3 is 0 Å². The van der Waals surface area contributed by atoms with Gasteiger partial charge in [-0.1, -0.05) is 32.9 Å². The van der Waals surface area contributed by atoms with Crippen LogP contribution in [0.3, 0.4) is 0 Å². The maximum Gasteiger partial charge on any atom is 0.0621 e. The van der Waals surface area contributed by atoms with E-state index in [1.165, 1.54) is 0 Å². The molecule has 0 rings (SSSR count). The summed E-state index contributed by atoms with van der Waals surface area (Å²) >= 11 is 0. The molecule has 0 heterocycles. The van der Waals surface area contributed by atoms with E-state index in [0.717, 1.165) is 12.8 Å². The van der Waals surface area contributed by atoms with E-state index in [1.54, 1.807) is 0 Å². The molecule has 0 amide bonds. The van der Waals surface area contributed by atoms with Crippen LogP contribution in [-0.2, 0) is 0 Å². The van der Waals surface area contributed by atoms with Gasteiger partial charge in [0.2, 0.25) is 0 Å². The van der Waals surface area contributed by atoms with Crippen LogP contribution in [0.25, 0.3) is 0 Å². The molecule has 0 spiro atoms. The van der Waals surface area contributed by atoms with Gasteiger partial charge in [0, 0.05) is 6.42 Å². The van der Waals surface area contributed by atoms with Crippen LogP contribution in [0.5, 0.6) is 0 Å². The summed E-state index contributed by atoms with van der Waals surface area (Å²) in [6.07, 6.45) is 7.06. The van der Waals surface area contributed by atoms with E-state index < -0.39 is 0 Å². The lowest BCUT2D eigenvalue weighted by atomic mass is 9.96. The Balaban J connectivity index is 3.40. The van der Waals surface area contributed by atoms with Crippen LogP contribution in [0.4, 0.5) is 0 Å². The highest BCUT2D eigenvalue weighted by Crippen LogP contribution is 2.15. The van der Waals surface area contributed by atoms with Crippen LogP contribution in [0, 0.1) is 16.7 Å². The zero-order valence-corrected chi connectivity index (χ0v) is 7.72. The van der Waals surface area contributed by atoms with Crippen molar-refractivity contribution in [3.8, 4) is 6.07 Å². The summed E-state index contributed by atoms with van der Waals surface area (Å²) in [5.74, 6) is 0. The SMILES string of the molecule is CC(C)(C)C=CCCCC#N. The predicted octanol–water partition coefficient (Wildman–Crippen LogP) is 3.28. The Hall–Kier alpha value is -0.770. The summed E-state index contributed by atoms with van der Waals surface area (Å²) in [6, 6.07) is 2.13. The van der Waals surface area contributed by atoms with Gasteiger partial charge in [-0.15, -0.1) is 0 Å². The van der Waals surface area contributed by atoms with Crippen molar-refractivity contribution in [2.24, 2.45) is 5.41 Å². The molecule has 0 unspecified atom stereocenters. The quantitative estimate of drug-likeness (QED) is 0.448. The molecule has 0 aromatic heterocycles. The number of rotatable bonds is 3. The minimum Gasteiger partial charge on any atom is -0.198 e. The molecule has 0 radical (unpaired) electrons. The Morgan fingerprint density at radius 1 is 1.36 bits per heavy atom. The average Bonchev–Trinajstić information content (AvgIpc) is 1.85. The van der Waals surface area contributed by atoms with Crippen molar-refractivity contribution in [1.82, 2.24) is 0 Å². The molecule has 0 fully saturated rings. The number of allylic oxidation sites excluding steroid dienone is 2. The maximum atomic E-state index is 8.25. The number of nitriles is 1. The van der Waals surface area contributed by atoms with Gasteiger partial charge in [0.05, 0.1) is 6.07 Å². The molecule has 0 aliphatic carbocycles. The molecule has 0 aliphatic rings. The van der Waals surface area contributed by atoms with E-state index in [4.69, 9.17) is 5.26 Å². The van der Waals surface area contributed by atoms with Crippen molar-refractivity contribution in [2.75, 3.05) is 0 Å². The molecule has 0 saturated carbocycles. The van der Waals surface area contributed by atoms with Gasteiger partial charge in [0.25, 0.3) is 0 Å². The van der Waals surface area contributed by atoms with E-state index in [0.29, 0.717) is 6.42 Å². The molecule has 0 saturated heterocycles. The molecule has 0 aromatic carbocycles. The normalized spacial score (nSPS) is 11.8. The van der Waals surface area contributed by atoms with Crippen LogP contribution in [0.2, 0.25) is 0 Å². The Labute approximate surface area is 69.7 Å². The van der Waals surface area contributed by atoms with Gasteiger partial charge in [-0.25, -0.2) is 0 Å². The van der Waals surface area contributed by atoms with Crippen molar-refractivity contribution in [3.63, 3.8) is 0 Å². The van der Waals surface area contributed by atoms with Gasteiger partial charge in [-0.05, 0) is 18.3 Å². The second kappa shape index (κ2) is 4.96. The van der Waals surface area contributed by atoms with E-state index >= 15 is 0 Å². The van der Waals surface area contributed by atoms with Crippen LogP contribution in [-0.4, -0.2) is 0 Å². The van der Waals surface area contributed by atoms with Crippen molar-refractivity contribution < 1.29 is 0 Å². The van der Waals surface area contributed by atoms with Crippen LogP contribution >= 0.6 is 0 Å². The van der Waals surface area contributed by atoms with Gasteiger partial charge in [0.15, 0.2) is 0 Å². The molecule has 0 bridgehead atoms. The molecule has 1 heteroatoms. The lowest BCUT2D eigenvalue weighted by Crippen LogP contribution is -1.97. The third kappa shape index (κ3) is 9.23. The Morgan fingerprint density at radius 3 is 2.45 bits per heavy atom. The molecule has 0 aliphatic heterocycles. The first kappa shape index (κ1) is 10.2. The van der Waals surface area contributed by atoms with Crippen LogP contribution in [0.15, 0.2) is 12.2 Å². The lowest BCUT2D eigenvalue weighted by molar-refractivity contribution is 0.541. The highest BCUT2D eigenvalue weighted by molar-refractivity contribution is 4.92. The summed E-state index contributed by atoms with van der Waals surface area (Å²) in [5, 5.41) is 8.25. The molecular formula is C10H17N. The standard InChI is InChI=1S/C10H17N/c1-10(2,3)8-6-4-5-7-9-11/h6,8H,4-5,7H2,1-3H3. The highest BCUT2D eigenvalue weighted by Gasteiger charge is 2.02. The van der Waals surface area contributed by atoms with E-state index in [9.17, 15) is 0 Å². The molecule has 0 N–H and O–H groups in total. The number of hydrogen-bond donors (Lipinski definition) is 0. The molecule has 62 valence electrons. The monoisotopic (exact) mass is 151 g/mol. The van der Waals surface area contributed by atoms with Gasteiger partial charge in [-0.2, -0.15) is 5.26 Å². The fourth-order valence-electron chi connectivity index (χ4n) is 0.736. The topological polar surface area (TPSA) is 23.8 Å². The van der Waals surface area contributed by atoms with Crippen LogP contribution in [0.1, 0.15) is 40.0 Å². The molecule has 0 atom stereocenters. The molecule has 11 heavy (non-hydrogen) atoms. The molecule has 0 aromatic rings. The van der Waals surface area contributed by atoms with Crippen molar-refractivity contribution >= 4 is 0 Å². The van der Waals surface area contributed by atoms with E-state index in [1.807, 2.05) is 0 Å². The summed E-state index contributed by atoms with van der Waals surface area (Å²) in [5.41, 5.74) is 0.284. The summed E-state index contributed by atoms with van der Waals surface area (Å²) in [7, 11) is 0. The second-order valence-electron chi connectivity index (χ2n) is 3.82. The summed E-state index contributed by atoms with van der Waals surface area (Å²) in [4.78, 5) is 0. The lowest BCUT2D eigenvalue weighted by Gasteiger charge is -2.10. The average molecular weight is 151 g/mol. The first-order valence-corrected chi connectivity index (χ1v) is 4.11. The first-order valence-electron chi connectivity index (χ1n) is 4.11. The van der Waals surface area contributed by atoms with Crippen molar-refractivity contribution in [2.45, 2.75) is 40.0 Å². The largest absolute Gasteiger partial charge is 0.198 e. The zero-order chi connectivity index (χ0) is 8.74. The van der Waals surface area contributed by atoms with Crippen LogP contribution < -0.4 is 0 Å². The fourth-order valence-corrected chi connectivity index (χ4v) is 0.736. The van der Waals surface area contributed by atoms with E-state index in [-0.39, 0.29) is 5.41 Å². The summed E-state index contributed by atoms with van der Waals surface area (Å²) in [6.45, 7) is 6.52. The Morgan fingerprint density at radius 2 is 2.00 bits per heavy atom. The van der Waals surface area contributed by atoms with Crippen molar-refractivity contribution in [1.29, 1.82) is 5.26 Å². The second-order valence-corrected chi connectivity index (χ2v) is 3.82. The molecular weight excluding hydrogens is 134 g/mol. The fraction of sp³-hybridized carbons (Fsp3) is 0.700. The molecule has 1 nitrogen and oxygen atoms in total. The van der Waals surface area contributed by atoms with Gasteiger partial charge in [0.1, 0.15) is 0 Å². The maximum absolute atomic E-state index is 8.25. The predicted molar refractivity (Wildman–Crippen MR) is 48.1 cm³/mol.